The quantitative estimate of drug-likeness (QED) is 0.866. The fraction of sp³-hybridized carbons (Fsp3) is 0.133. The van der Waals surface area contributed by atoms with Gasteiger partial charge in [-0.15, -0.1) is 0 Å². The highest BCUT2D eigenvalue weighted by Gasteiger charge is 2.31. The minimum absolute atomic E-state index is 0.201. The molecule has 1 atom stereocenters. The number of nitrogens with zero attached hydrogens (tertiary/aromatic N) is 1. The van der Waals surface area contributed by atoms with Gasteiger partial charge >= 0.3 is 0 Å². The van der Waals surface area contributed by atoms with E-state index in [-0.39, 0.29) is 11.5 Å². The van der Waals surface area contributed by atoms with Crippen LogP contribution < -0.4 is 5.32 Å². The summed E-state index contributed by atoms with van der Waals surface area (Å²) in [6.07, 6.45) is -0.655. The zero-order valence-electron chi connectivity index (χ0n) is 10.7. The van der Waals surface area contributed by atoms with E-state index in [0.29, 0.717) is 11.3 Å². The molecule has 0 bridgehead atoms. The van der Waals surface area contributed by atoms with E-state index in [9.17, 15) is 13.6 Å². The highest BCUT2D eigenvalue weighted by molar-refractivity contribution is 6.01. The van der Waals surface area contributed by atoms with Crippen LogP contribution in [0.4, 0.5) is 14.5 Å². The van der Waals surface area contributed by atoms with E-state index in [0.717, 1.165) is 6.07 Å². The SMILES string of the molecule is CN1C(=O)c2ccccc2N[C@H]1c1ccc(F)cc1F. The van der Waals surface area contributed by atoms with Gasteiger partial charge in [0.25, 0.3) is 5.91 Å². The van der Waals surface area contributed by atoms with E-state index in [1.807, 2.05) is 0 Å². The van der Waals surface area contributed by atoms with Crippen molar-refractivity contribution in [3.05, 3.63) is 65.2 Å². The van der Waals surface area contributed by atoms with Gasteiger partial charge in [0.15, 0.2) is 0 Å². The topological polar surface area (TPSA) is 32.3 Å². The van der Waals surface area contributed by atoms with Gasteiger partial charge in [-0.2, -0.15) is 0 Å². The molecule has 0 fully saturated rings. The van der Waals surface area contributed by atoms with Crippen molar-refractivity contribution < 1.29 is 13.6 Å². The number of anilines is 1. The van der Waals surface area contributed by atoms with Gasteiger partial charge in [0.2, 0.25) is 0 Å². The normalized spacial score (nSPS) is 17.6. The van der Waals surface area contributed by atoms with Crippen LogP contribution in [0, 0.1) is 11.6 Å². The second-order valence-electron chi connectivity index (χ2n) is 4.67. The highest BCUT2D eigenvalue weighted by Crippen LogP contribution is 2.32. The molecule has 0 unspecified atom stereocenters. The van der Waals surface area contributed by atoms with E-state index in [2.05, 4.69) is 5.32 Å². The summed E-state index contributed by atoms with van der Waals surface area (Å²) in [6.45, 7) is 0. The molecule has 2 aromatic carbocycles. The third-order valence-corrected chi connectivity index (χ3v) is 3.41. The maximum Gasteiger partial charge on any atom is 0.257 e. The molecule has 0 saturated heterocycles. The summed E-state index contributed by atoms with van der Waals surface area (Å²) >= 11 is 0. The van der Waals surface area contributed by atoms with Crippen molar-refractivity contribution in [2.75, 3.05) is 12.4 Å². The molecule has 0 radical (unpaired) electrons. The van der Waals surface area contributed by atoms with Gasteiger partial charge in [-0.25, -0.2) is 8.78 Å². The first-order valence-corrected chi connectivity index (χ1v) is 6.15. The maximum atomic E-state index is 13.9. The minimum Gasteiger partial charge on any atom is -0.361 e. The number of nitrogens with one attached hydrogen (secondary N) is 1. The number of carbonyl (C=O) groups is 1. The lowest BCUT2D eigenvalue weighted by Crippen LogP contribution is -2.40. The summed E-state index contributed by atoms with van der Waals surface area (Å²) in [7, 11) is 1.58. The minimum atomic E-state index is -0.679. The molecule has 2 aromatic rings. The van der Waals surface area contributed by atoms with Crippen molar-refractivity contribution in [1.29, 1.82) is 0 Å². The summed E-state index contributed by atoms with van der Waals surface area (Å²) in [6, 6.07) is 10.4. The predicted molar refractivity (Wildman–Crippen MR) is 71.3 cm³/mol. The summed E-state index contributed by atoms with van der Waals surface area (Å²) in [5, 5.41) is 3.10. The Morgan fingerprint density at radius 2 is 1.90 bits per heavy atom. The first-order chi connectivity index (χ1) is 9.58. The fourth-order valence-corrected chi connectivity index (χ4v) is 2.36. The summed E-state index contributed by atoms with van der Waals surface area (Å²) in [5.74, 6) is -1.52. The molecule has 0 saturated carbocycles. The zero-order valence-corrected chi connectivity index (χ0v) is 10.7. The summed E-state index contributed by atoms with van der Waals surface area (Å²) < 4.78 is 26.9. The Kier molecular flexibility index (Phi) is 2.89. The third-order valence-electron chi connectivity index (χ3n) is 3.41. The lowest BCUT2D eigenvalue weighted by Gasteiger charge is -2.35. The molecule has 102 valence electrons. The lowest BCUT2D eigenvalue weighted by molar-refractivity contribution is 0.0733. The number of fused-ring (bicyclic) bond motifs is 1. The zero-order chi connectivity index (χ0) is 14.3. The van der Waals surface area contributed by atoms with Crippen molar-refractivity contribution in [2.45, 2.75) is 6.17 Å². The molecule has 3 nitrogen and oxygen atoms in total. The molecule has 1 amide bonds. The lowest BCUT2D eigenvalue weighted by atomic mass is 10.0. The average molecular weight is 274 g/mol. The van der Waals surface area contributed by atoms with Crippen molar-refractivity contribution in [3.63, 3.8) is 0 Å². The van der Waals surface area contributed by atoms with E-state index >= 15 is 0 Å². The predicted octanol–water partition coefficient (Wildman–Crippen LogP) is 3.16. The molecular formula is C15H12F2N2O. The Labute approximate surface area is 114 Å². The fourth-order valence-electron chi connectivity index (χ4n) is 2.36. The number of para-hydroxylation sites is 1. The van der Waals surface area contributed by atoms with E-state index in [4.69, 9.17) is 0 Å². The molecule has 1 heterocycles. The first-order valence-electron chi connectivity index (χ1n) is 6.15. The molecule has 3 rings (SSSR count). The molecule has 1 aliphatic rings. The molecule has 5 heteroatoms. The van der Waals surface area contributed by atoms with Crippen LogP contribution in [0.2, 0.25) is 0 Å². The van der Waals surface area contributed by atoms with Gasteiger partial charge in [0.1, 0.15) is 17.8 Å². The number of carbonyl (C=O) groups excluding carboxylic acids is 1. The van der Waals surface area contributed by atoms with Crippen LogP contribution in [-0.4, -0.2) is 17.9 Å². The number of hydrogen-bond donors (Lipinski definition) is 1. The molecule has 20 heavy (non-hydrogen) atoms. The number of halogens is 2. The Bertz CT molecular complexity index is 687. The number of amides is 1. The molecule has 0 spiro atoms. The van der Waals surface area contributed by atoms with Crippen molar-refractivity contribution in [3.8, 4) is 0 Å². The molecule has 1 aliphatic heterocycles. The van der Waals surface area contributed by atoms with Crippen LogP contribution in [0.3, 0.4) is 0 Å². The monoisotopic (exact) mass is 274 g/mol. The van der Waals surface area contributed by atoms with Gasteiger partial charge in [-0.05, 0) is 24.3 Å². The van der Waals surface area contributed by atoms with Crippen LogP contribution in [0.15, 0.2) is 42.5 Å². The van der Waals surface area contributed by atoms with Crippen LogP contribution >= 0.6 is 0 Å². The largest absolute Gasteiger partial charge is 0.361 e. The van der Waals surface area contributed by atoms with Crippen LogP contribution in [0.1, 0.15) is 22.1 Å². The van der Waals surface area contributed by atoms with Gasteiger partial charge in [-0.1, -0.05) is 12.1 Å². The Balaban J connectivity index is 2.06. The van der Waals surface area contributed by atoms with Gasteiger partial charge in [0.05, 0.1) is 5.56 Å². The average Bonchev–Trinajstić information content (AvgIpc) is 2.43. The maximum absolute atomic E-state index is 13.9. The summed E-state index contributed by atoms with van der Waals surface area (Å²) in [4.78, 5) is 13.7. The van der Waals surface area contributed by atoms with Crippen LogP contribution in [-0.2, 0) is 0 Å². The highest BCUT2D eigenvalue weighted by atomic mass is 19.1. The number of rotatable bonds is 1. The second kappa shape index (κ2) is 4.59. The molecule has 0 aromatic heterocycles. The molecule has 1 N–H and O–H groups in total. The van der Waals surface area contributed by atoms with Crippen LogP contribution in [0.25, 0.3) is 0 Å². The van der Waals surface area contributed by atoms with Crippen molar-refractivity contribution >= 4 is 11.6 Å². The molecular weight excluding hydrogens is 262 g/mol. The Morgan fingerprint density at radius 1 is 1.15 bits per heavy atom. The third kappa shape index (κ3) is 1.91. The first kappa shape index (κ1) is 12.6. The Morgan fingerprint density at radius 3 is 2.65 bits per heavy atom. The number of hydrogen-bond acceptors (Lipinski definition) is 2. The summed E-state index contributed by atoms with van der Waals surface area (Å²) in [5.41, 5.74) is 1.41. The van der Waals surface area contributed by atoms with E-state index in [1.165, 1.54) is 17.0 Å². The standard InChI is InChI=1S/C15H12F2N2O/c1-19-14(10-7-6-9(16)8-12(10)17)18-13-5-3-2-4-11(13)15(19)20/h2-8,14,18H,1H3/t14-/m1/s1. The van der Waals surface area contributed by atoms with Gasteiger partial charge in [-0.3, -0.25) is 4.79 Å². The van der Waals surface area contributed by atoms with Crippen LogP contribution in [0.5, 0.6) is 0 Å². The number of benzene rings is 2. The van der Waals surface area contributed by atoms with E-state index in [1.54, 1.807) is 31.3 Å². The van der Waals surface area contributed by atoms with Gasteiger partial charge < -0.3 is 10.2 Å². The smallest absolute Gasteiger partial charge is 0.257 e. The second-order valence-corrected chi connectivity index (χ2v) is 4.67. The van der Waals surface area contributed by atoms with E-state index < -0.39 is 17.8 Å². The Hall–Kier alpha value is -2.43. The van der Waals surface area contributed by atoms with Crippen molar-refractivity contribution in [2.24, 2.45) is 0 Å². The van der Waals surface area contributed by atoms with Gasteiger partial charge in [0, 0.05) is 24.4 Å². The van der Waals surface area contributed by atoms with Crippen molar-refractivity contribution in [1.82, 2.24) is 4.90 Å². The molecule has 0 aliphatic carbocycles.